The van der Waals surface area contributed by atoms with Crippen LogP contribution in [0.3, 0.4) is 0 Å². The molecule has 0 aromatic heterocycles. The second-order valence-corrected chi connectivity index (χ2v) is 5.57. The van der Waals surface area contributed by atoms with Gasteiger partial charge < -0.3 is 16.0 Å². The van der Waals surface area contributed by atoms with Crippen LogP contribution in [0, 0.1) is 0 Å². The Morgan fingerprint density at radius 2 is 1.52 bits per heavy atom. The van der Waals surface area contributed by atoms with Gasteiger partial charge in [0.2, 0.25) is 17.7 Å². The van der Waals surface area contributed by atoms with Crippen molar-refractivity contribution in [2.24, 2.45) is 0 Å². The Balaban J connectivity index is 1.73. The van der Waals surface area contributed by atoms with Crippen LogP contribution >= 0.6 is 0 Å². The molecule has 25 heavy (non-hydrogen) atoms. The molecule has 0 unspecified atom stereocenters. The largest absolute Gasteiger partial charge is 0.355 e. The van der Waals surface area contributed by atoms with Crippen LogP contribution in [0.15, 0.2) is 54.6 Å². The molecule has 2 rings (SSSR count). The molecule has 0 fully saturated rings. The van der Waals surface area contributed by atoms with Crippen molar-refractivity contribution in [2.75, 3.05) is 17.2 Å². The minimum absolute atomic E-state index is 0.119. The van der Waals surface area contributed by atoms with Gasteiger partial charge in [-0.3, -0.25) is 14.4 Å². The summed E-state index contributed by atoms with van der Waals surface area (Å²) in [6.07, 6.45) is 0.464. The number of anilines is 2. The fourth-order valence-corrected chi connectivity index (χ4v) is 2.26. The quantitative estimate of drug-likeness (QED) is 0.723. The van der Waals surface area contributed by atoms with E-state index in [0.717, 1.165) is 5.56 Å². The molecule has 6 nitrogen and oxygen atoms in total. The number of hydrogen-bond donors (Lipinski definition) is 3. The number of amides is 3. The first-order chi connectivity index (χ1) is 12.0. The van der Waals surface area contributed by atoms with E-state index in [9.17, 15) is 14.4 Å². The molecule has 3 N–H and O–H groups in total. The van der Waals surface area contributed by atoms with Crippen LogP contribution in [-0.2, 0) is 20.8 Å². The van der Waals surface area contributed by atoms with Crippen molar-refractivity contribution in [2.45, 2.75) is 19.8 Å². The highest BCUT2D eigenvalue weighted by Gasteiger charge is 2.06. The lowest BCUT2D eigenvalue weighted by Gasteiger charge is -2.08. The summed E-state index contributed by atoms with van der Waals surface area (Å²) < 4.78 is 0. The maximum Gasteiger partial charge on any atom is 0.226 e. The normalized spacial score (nSPS) is 9.96. The summed E-state index contributed by atoms with van der Waals surface area (Å²) in [6, 6.07) is 16.3. The third-order valence-corrected chi connectivity index (χ3v) is 3.35. The van der Waals surface area contributed by atoms with Crippen LogP contribution in [0.1, 0.15) is 18.9 Å². The van der Waals surface area contributed by atoms with Crippen LogP contribution in [0.4, 0.5) is 11.4 Å². The van der Waals surface area contributed by atoms with Gasteiger partial charge in [0.25, 0.3) is 0 Å². The summed E-state index contributed by atoms with van der Waals surface area (Å²) in [6.45, 7) is 1.69. The SMILES string of the molecule is CC(=O)Nc1cccc(NC(=O)CCNC(=O)Cc2ccccc2)c1. The number of nitrogens with one attached hydrogen (secondary N) is 3. The van der Waals surface area contributed by atoms with Crippen molar-refractivity contribution in [3.63, 3.8) is 0 Å². The fourth-order valence-electron chi connectivity index (χ4n) is 2.26. The fraction of sp³-hybridized carbons (Fsp3) is 0.211. The zero-order valence-electron chi connectivity index (χ0n) is 14.0. The number of hydrogen-bond acceptors (Lipinski definition) is 3. The molecule has 0 heterocycles. The van der Waals surface area contributed by atoms with E-state index in [0.29, 0.717) is 17.8 Å². The Morgan fingerprint density at radius 3 is 2.20 bits per heavy atom. The van der Waals surface area contributed by atoms with Crippen molar-refractivity contribution >= 4 is 29.1 Å². The van der Waals surface area contributed by atoms with Crippen molar-refractivity contribution in [3.8, 4) is 0 Å². The first-order valence-corrected chi connectivity index (χ1v) is 8.01. The molecule has 0 aliphatic heterocycles. The second kappa shape index (κ2) is 9.22. The molecule has 0 aliphatic carbocycles. The standard InChI is InChI=1S/C19H21N3O3/c1-14(23)21-16-8-5-9-17(13-16)22-18(24)10-11-20-19(25)12-15-6-3-2-4-7-15/h2-9,13H,10-12H2,1H3,(H,20,25)(H,21,23)(H,22,24). The Labute approximate surface area is 146 Å². The average molecular weight is 339 g/mol. The lowest BCUT2D eigenvalue weighted by molar-refractivity contribution is -0.120. The summed E-state index contributed by atoms with van der Waals surface area (Å²) in [4.78, 5) is 34.8. The molecule has 0 spiro atoms. The van der Waals surface area contributed by atoms with Crippen molar-refractivity contribution in [3.05, 3.63) is 60.2 Å². The number of rotatable bonds is 7. The predicted molar refractivity (Wildman–Crippen MR) is 97.1 cm³/mol. The summed E-state index contributed by atoms with van der Waals surface area (Å²) in [5.74, 6) is -0.503. The van der Waals surface area contributed by atoms with Gasteiger partial charge in [-0.1, -0.05) is 36.4 Å². The third kappa shape index (κ3) is 6.87. The smallest absolute Gasteiger partial charge is 0.226 e. The summed E-state index contributed by atoms with van der Waals surface area (Å²) in [5, 5.41) is 8.12. The molecule has 0 bridgehead atoms. The molecule has 0 saturated carbocycles. The van der Waals surface area contributed by atoms with Gasteiger partial charge in [0.1, 0.15) is 0 Å². The topological polar surface area (TPSA) is 87.3 Å². The highest BCUT2D eigenvalue weighted by Crippen LogP contribution is 2.15. The van der Waals surface area contributed by atoms with E-state index in [1.54, 1.807) is 24.3 Å². The molecule has 2 aromatic carbocycles. The van der Waals surface area contributed by atoms with E-state index >= 15 is 0 Å². The Hall–Kier alpha value is -3.15. The molecular weight excluding hydrogens is 318 g/mol. The Morgan fingerprint density at radius 1 is 0.840 bits per heavy atom. The van der Waals surface area contributed by atoms with Gasteiger partial charge in [0.15, 0.2) is 0 Å². The minimum atomic E-state index is -0.208. The van der Waals surface area contributed by atoms with Gasteiger partial charge in [0.05, 0.1) is 6.42 Å². The number of benzene rings is 2. The molecule has 0 radical (unpaired) electrons. The average Bonchev–Trinajstić information content (AvgIpc) is 2.55. The first kappa shape index (κ1) is 18.2. The van der Waals surface area contributed by atoms with E-state index < -0.39 is 0 Å². The zero-order valence-corrected chi connectivity index (χ0v) is 14.0. The van der Waals surface area contributed by atoms with Gasteiger partial charge in [-0.2, -0.15) is 0 Å². The first-order valence-electron chi connectivity index (χ1n) is 8.01. The van der Waals surface area contributed by atoms with Crippen molar-refractivity contribution < 1.29 is 14.4 Å². The monoisotopic (exact) mass is 339 g/mol. The lowest BCUT2D eigenvalue weighted by Crippen LogP contribution is -2.28. The number of carbonyl (C=O) groups excluding carboxylic acids is 3. The molecule has 2 aromatic rings. The van der Waals surface area contributed by atoms with Gasteiger partial charge in [0, 0.05) is 31.3 Å². The second-order valence-electron chi connectivity index (χ2n) is 5.57. The van der Waals surface area contributed by atoms with Crippen LogP contribution < -0.4 is 16.0 Å². The van der Waals surface area contributed by atoms with E-state index in [-0.39, 0.29) is 30.7 Å². The van der Waals surface area contributed by atoms with E-state index in [1.807, 2.05) is 30.3 Å². The molecule has 3 amide bonds. The summed E-state index contributed by atoms with van der Waals surface area (Å²) in [7, 11) is 0. The molecule has 0 saturated heterocycles. The predicted octanol–water partition coefficient (Wildman–Crippen LogP) is 2.33. The van der Waals surface area contributed by atoms with E-state index in [1.165, 1.54) is 6.92 Å². The van der Waals surface area contributed by atoms with Crippen molar-refractivity contribution in [1.82, 2.24) is 5.32 Å². The maximum atomic E-state index is 11.9. The van der Waals surface area contributed by atoms with E-state index in [4.69, 9.17) is 0 Å². The lowest BCUT2D eigenvalue weighted by atomic mass is 10.1. The van der Waals surface area contributed by atoms with Crippen LogP contribution in [0.2, 0.25) is 0 Å². The Bertz CT molecular complexity index is 745. The zero-order chi connectivity index (χ0) is 18.1. The molecule has 0 aliphatic rings. The van der Waals surface area contributed by atoms with E-state index in [2.05, 4.69) is 16.0 Å². The molecular formula is C19H21N3O3. The van der Waals surface area contributed by atoms with Gasteiger partial charge >= 0.3 is 0 Å². The summed E-state index contributed by atoms with van der Waals surface area (Å²) >= 11 is 0. The summed E-state index contributed by atoms with van der Waals surface area (Å²) in [5.41, 5.74) is 2.13. The van der Waals surface area contributed by atoms with Crippen molar-refractivity contribution in [1.29, 1.82) is 0 Å². The number of carbonyl (C=O) groups is 3. The van der Waals surface area contributed by atoms with Crippen LogP contribution in [-0.4, -0.2) is 24.3 Å². The van der Waals surface area contributed by atoms with Crippen LogP contribution in [0.25, 0.3) is 0 Å². The highest BCUT2D eigenvalue weighted by atomic mass is 16.2. The van der Waals surface area contributed by atoms with Gasteiger partial charge in [-0.15, -0.1) is 0 Å². The maximum absolute atomic E-state index is 11.9. The highest BCUT2D eigenvalue weighted by molar-refractivity contribution is 5.93. The Kier molecular flexibility index (Phi) is 6.71. The third-order valence-electron chi connectivity index (χ3n) is 3.35. The molecule has 130 valence electrons. The van der Waals surface area contributed by atoms with Crippen LogP contribution in [0.5, 0.6) is 0 Å². The minimum Gasteiger partial charge on any atom is -0.355 e. The van der Waals surface area contributed by atoms with Gasteiger partial charge in [-0.05, 0) is 23.8 Å². The molecule has 6 heteroatoms. The molecule has 0 atom stereocenters. The van der Waals surface area contributed by atoms with Gasteiger partial charge in [-0.25, -0.2) is 0 Å².